The van der Waals surface area contributed by atoms with Crippen LogP contribution in [0, 0.1) is 10.1 Å². The molecule has 1 N–H and O–H groups in total. The van der Waals surface area contributed by atoms with Crippen LogP contribution in [0.1, 0.15) is 20.8 Å². The minimum Gasteiger partial charge on any atom is -0.334 e. The third kappa shape index (κ3) is 5.10. The summed E-state index contributed by atoms with van der Waals surface area (Å²) in [5.41, 5.74) is 0.950. The van der Waals surface area contributed by atoms with E-state index in [0.29, 0.717) is 25.3 Å². The van der Waals surface area contributed by atoms with Crippen molar-refractivity contribution in [2.24, 2.45) is 0 Å². The fourth-order valence-electron chi connectivity index (χ4n) is 3.45. The summed E-state index contributed by atoms with van der Waals surface area (Å²) >= 11 is 0. The van der Waals surface area contributed by atoms with Crippen molar-refractivity contribution in [3.8, 4) is 0 Å². The number of hydrogen-bond donors (Lipinski definition) is 1. The van der Waals surface area contributed by atoms with E-state index in [9.17, 15) is 18.5 Å². The number of benzene rings is 2. The maximum atomic E-state index is 12.7. The molecule has 0 radical (unpaired) electrons. The lowest BCUT2D eigenvalue weighted by atomic mass is 10.2. The van der Waals surface area contributed by atoms with E-state index in [0.717, 1.165) is 5.69 Å². The normalized spacial score (nSPS) is 11.4. The second-order valence-electron chi connectivity index (χ2n) is 6.97. The van der Waals surface area contributed by atoms with Crippen molar-refractivity contribution < 1.29 is 13.3 Å². The number of para-hydroxylation sites is 1. The summed E-state index contributed by atoms with van der Waals surface area (Å²) in [6, 6.07) is 15.3. The average Bonchev–Trinajstić information content (AvgIpc) is 2.81. The fourth-order valence-corrected chi connectivity index (χ4v) is 4.91. The van der Waals surface area contributed by atoms with E-state index in [4.69, 9.17) is 0 Å². The molecule has 1 heterocycles. The van der Waals surface area contributed by atoms with Gasteiger partial charge in [0.05, 0.1) is 9.82 Å². The van der Waals surface area contributed by atoms with Crippen LogP contribution in [0.5, 0.6) is 0 Å². The summed E-state index contributed by atoms with van der Waals surface area (Å²) in [7, 11) is -3.60. The SMILES string of the molecule is CCN(c1ccccc1)c1ncnc(Nc2ccc(S(=O)(=O)N(CC)CC)cc2)c1[N+](=O)[O-]. The summed E-state index contributed by atoms with van der Waals surface area (Å²) in [6.45, 7) is 6.62. The highest BCUT2D eigenvalue weighted by Crippen LogP contribution is 2.36. The van der Waals surface area contributed by atoms with Crippen molar-refractivity contribution in [2.75, 3.05) is 29.9 Å². The minimum absolute atomic E-state index is 0.0127. The Labute approximate surface area is 193 Å². The van der Waals surface area contributed by atoms with Crippen molar-refractivity contribution in [2.45, 2.75) is 25.7 Å². The largest absolute Gasteiger partial charge is 0.354 e. The molecule has 0 saturated heterocycles. The van der Waals surface area contributed by atoms with E-state index in [1.165, 1.54) is 22.8 Å². The maximum absolute atomic E-state index is 12.7. The second-order valence-corrected chi connectivity index (χ2v) is 8.91. The Hall–Kier alpha value is -3.57. The predicted octanol–water partition coefficient (Wildman–Crippen LogP) is 4.32. The van der Waals surface area contributed by atoms with Crippen LogP contribution in [-0.2, 0) is 10.0 Å². The summed E-state index contributed by atoms with van der Waals surface area (Å²) < 4.78 is 26.7. The molecule has 10 nitrogen and oxygen atoms in total. The van der Waals surface area contributed by atoms with Gasteiger partial charge in [-0.05, 0) is 43.3 Å². The highest BCUT2D eigenvalue weighted by molar-refractivity contribution is 7.89. The highest BCUT2D eigenvalue weighted by atomic mass is 32.2. The zero-order chi connectivity index (χ0) is 24.0. The molecular formula is C22H26N6O4S. The van der Waals surface area contributed by atoms with Gasteiger partial charge in [-0.15, -0.1) is 0 Å². The van der Waals surface area contributed by atoms with Crippen LogP contribution < -0.4 is 10.2 Å². The van der Waals surface area contributed by atoms with Crippen LogP contribution in [0.2, 0.25) is 0 Å². The molecule has 0 amide bonds. The third-order valence-electron chi connectivity index (χ3n) is 5.09. The molecule has 0 spiro atoms. The first-order valence-electron chi connectivity index (χ1n) is 10.5. The molecule has 0 fully saturated rings. The minimum atomic E-state index is -3.60. The Morgan fingerprint density at radius 1 is 0.939 bits per heavy atom. The van der Waals surface area contributed by atoms with Gasteiger partial charge < -0.3 is 10.2 Å². The number of nitrogens with one attached hydrogen (secondary N) is 1. The molecule has 0 aliphatic carbocycles. The quantitative estimate of drug-likeness (QED) is 0.343. The van der Waals surface area contributed by atoms with E-state index in [1.807, 2.05) is 37.3 Å². The molecule has 11 heteroatoms. The molecule has 33 heavy (non-hydrogen) atoms. The van der Waals surface area contributed by atoms with Gasteiger partial charge in [-0.1, -0.05) is 32.0 Å². The molecular weight excluding hydrogens is 444 g/mol. The van der Waals surface area contributed by atoms with Crippen molar-refractivity contribution in [1.29, 1.82) is 0 Å². The van der Waals surface area contributed by atoms with E-state index >= 15 is 0 Å². The molecule has 0 saturated carbocycles. The number of anilines is 4. The molecule has 0 aliphatic heterocycles. The Morgan fingerprint density at radius 3 is 2.12 bits per heavy atom. The number of nitro groups is 1. The topological polar surface area (TPSA) is 122 Å². The van der Waals surface area contributed by atoms with Crippen LogP contribution in [0.15, 0.2) is 65.8 Å². The molecule has 2 aromatic carbocycles. The molecule has 1 aromatic heterocycles. The zero-order valence-corrected chi connectivity index (χ0v) is 19.5. The van der Waals surface area contributed by atoms with E-state index in [-0.39, 0.29) is 22.2 Å². The van der Waals surface area contributed by atoms with Gasteiger partial charge in [-0.2, -0.15) is 4.31 Å². The van der Waals surface area contributed by atoms with Crippen molar-refractivity contribution >= 4 is 38.7 Å². The van der Waals surface area contributed by atoms with Crippen LogP contribution in [0.4, 0.5) is 28.7 Å². The first kappa shape index (κ1) is 24.1. The van der Waals surface area contributed by atoms with Gasteiger partial charge in [0, 0.05) is 31.0 Å². The van der Waals surface area contributed by atoms with Crippen LogP contribution >= 0.6 is 0 Å². The van der Waals surface area contributed by atoms with E-state index < -0.39 is 14.9 Å². The third-order valence-corrected chi connectivity index (χ3v) is 7.15. The Kier molecular flexibility index (Phi) is 7.56. The van der Waals surface area contributed by atoms with Gasteiger partial charge in [0.2, 0.25) is 21.7 Å². The number of aromatic nitrogens is 2. The molecule has 0 aliphatic rings. The monoisotopic (exact) mass is 470 g/mol. The molecule has 174 valence electrons. The smallest absolute Gasteiger partial charge is 0.334 e. The first-order chi connectivity index (χ1) is 15.8. The number of rotatable bonds is 10. The van der Waals surface area contributed by atoms with Gasteiger partial charge >= 0.3 is 5.69 Å². The Bertz CT molecular complexity index is 1200. The summed E-state index contributed by atoms with van der Waals surface area (Å²) in [5, 5.41) is 14.9. The molecule has 0 atom stereocenters. The predicted molar refractivity (Wildman–Crippen MR) is 128 cm³/mol. The Morgan fingerprint density at radius 2 is 1.58 bits per heavy atom. The number of nitrogens with zero attached hydrogens (tertiary/aromatic N) is 5. The summed E-state index contributed by atoms with van der Waals surface area (Å²) in [6.07, 6.45) is 1.26. The first-order valence-corrected chi connectivity index (χ1v) is 12.0. The Balaban J connectivity index is 1.96. The van der Waals surface area contributed by atoms with Gasteiger partial charge in [-0.25, -0.2) is 18.4 Å². The second kappa shape index (κ2) is 10.4. The van der Waals surface area contributed by atoms with Gasteiger partial charge in [-0.3, -0.25) is 10.1 Å². The molecule has 3 aromatic rings. The van der Waals surface area contributed by atoms with Crippen LogP contribution in [0.3, 0.4) is 0 Å². The molecule has 3 rings (SSSR count). The zero-order valence-electron chi connectivity index (χ0n) is 18.7. The van der Waals surface area contributed by atoms with Crippen LogP contribution in [-0.4, -0.2) is 47.2 Å². The van der Waals surface area contributed by atoms with Crippen molar-refractivity contribution in [3.05, 3.63) is 71.0 Å². The lowest BCUT2D eigenvalue weighted by Gasteiger charge is -2.22. The lowest BCUT2D eigenvalue weighted by molar-refractivity contribution is -0.383. The lowest BCUT2D eigenvalue weighted by Crippen LogP contribution is -2.30. The van der Waals surface area contributed by atoms with Crippen molar-refractivity contribution in [1.82, 2.24) is 14.3 Å². The maximum Gasteiger partial charge on any atom is 0.354 e. The number of sulfonamides is 1. The van der Waals surface area contributed by atoms with Crippen LogP contribution in [0.25, 0.3) is 0 Å². The number of hydrogen-bond acceptors (Lipinski definition) is 8. The van der Waals surface area contributed by atoms with Gasteiger partial charge in [0.15, 0.2) is 0 Å². The fraction of sp³-hybridized carbons (Fsp3) is 0.273. The molecule has 0 unspecified atom stereocenters. The van der Waals surface area contributed by atoms with Crippen molar-refractivity contribution in [3.63, 3.8) is 0 Å². The summed E-state index contributed by atoms with van der Waals surface area (Å²) in [5.74, 6) is 0.172. The molecule has 0 bridgehead atoms. The summed E-state index contributed by atoms with van der Waals surface area (Å²) in [4.78, 5) is 21.6. The van der Waals surface area contributed by atoms with E-state index in [2.05, 4.69) is 15.3 Å². The van der Waals surface area contributed by atoms with E-state index in [1.54, 1.807) is 30.9 Å². The average molecular weight is 471 g/mol. The van der Waals surface area contributed by atoms with Gasteiger partial charge in [0.25, 0.3) is 0 Å². The van der Waals surface area contributed by atoms with Gasteiger partial charge in [0.1, 0.15) is 6.33 Å². The standard InChI is InChI=1S/C22H26N6O4S/c1-4-26(5-2)33(31,32)19-14-12-17(13-15-19)25-21-20(28(29)30)22(24-16-23-21)27(6-3)18-10-8-7-9-11-18/h7-16H,4-6H2,1-3H3,(H,23,24,25). The highest BCUT2D eigenvalue weighted by Gasteiger charge is 2.28.